The van der Waals surface area contributed by atoms with Crippen molar-refractivity contribution < 1.29 is 4.79 Å². The molecular formula is C29H38N4OS. The van der Waals surface area contributed by atoms with Crippen LogP contribution < -0.4 is 5.32 Å². The molecule has 35 heavy (non-hydrogen) atoms. The Morgan fingerprint density at radius 3 is 2.23 bits per heavy atom. The lowest BCUT2D eigenvalue weighted by Gasteiger charge is -2.34. The van der Waals surface area contributed by atoms with Crippen molar-refractivity contribution in [3.8, 4) is 0 Å². The molecule has 5 nitrogen and oxygen atoms in total. The van der Waals surface area contributed by atoms with Crippen molar-refractivity contribution in [2.45, 2.75) is 65.0 Å². The standard InChI is InChI=1S/C29H38N4OS/c1-6-21-8-14-24(15-9-21)30-25(34)20-35-27-26(22-10-12-23(13-11-22)28(3,4)5)31-29(32-27)16-18-33(7-2)19-17-29/h8-15H,6-7,16-20H2,1-5H3,(H,30,34). The largest absolute Gasteiger partial charge is 0.325 e. The maximum atomic E-state index is 12.7. The van der Waals surface area contributed by atoms with Crippen molar-refractivity contribution in [2.75, 3.05) is 30.7 Å². The highest BCUT2D eigenvalue weighted by Gasteiger charge is 2.39. The zero-order valence-corrected chi connectivity index (χ0v) is 22.5. The van der Waals surface area contributed by atoms with E-state index in [2.05, 4.69) is 81.2 Å². The van der Waals surface area contributed by atoms with Gasteiger partial charge in [-0.15, -0.1) is 0 Å². The molecule has 0 saturated carbocycles. The van der Waals surface area contributed by atoms with E-state index in [1.165, 1.54) is 22.9 Å². The highest BCUT2D eigenvalue weighted by Crippen LogP contribution is 2.36. The summed E-state index contributed by atoms with van der Waals surface area (Å²) in [5.41, 5.74) is 5.11. The summed E-state index contributed by atoms with van der Waals surface area (Å²) in [4.78, 5) is 25.5. The van der Waals surface area contributed by atoms with Crippen molar-refractivity contribution in [2.24, 2.45) is 9.98 Å². The van der Waals surface area contributed by atoms with E-state index in [4.69, 9.17) is 9.98 Å². The lowest BCUT2D eigenvalue weighted by Crippen LogP contribution is -2.41. The molecule has 0 aliphatic carbocycles. The van der Waals surface area contributed by atoms with Gasteiger partial charge in [-0.05, 0) is 41.6 Å². The number of piperidine rings is 1. The second-order valence-electron chi connectivity index (χ2n) is 10.5. The average Bonchev–Trinajstić information content (AvgIpc) is 3.21. The van der Waals surface area contributed by atoms with Crippen LogP contribution in [0.4, 0.5) is 5.69 Å². The Kier molecular flexibility index (Phi) is 7.82. The summed E-state index contributed by atoms with van der Waals surface area (Å²) in [5.74, 6) is 0.288. The van der Waals surface area contributed by atoms with E-state index in [9.17, 15) is 4.79 Å². The number of benzene rings is 2. The van der Waals surface area contributed by atoms with Gasteiger partial charge in [-0.2, -0.15) is 0 Å². The van der Waals surface area contributed by atoms with Crippen LogP contribution in [0.25, 0.3) is 0 Å². The number of hydrogen-bond acceptors (Lipinski definition) is 5. The molecule has 2 aliphatic rings. The number of thioether (sulfide) groups is 1. The van der Waals surface area contributed by atoms with E-state index >= 15 is 0 Å². The van der Waals surface area contributed by atoms with Crippen molar-refractivity contribution in [1.82, 2.24) is 4.90 Å². The third kappa shape index (κ3) is 6.22. The summed E-state index contributed by atoms with van der Waals surface area (Å²) in [6, 6.07) is 16.7. The molecule has 6 heteroatoms. The number of rotatable bonds is 6. The minimum Gasteiger partial charge on any atom is -0.325 e. The van der Waals surface area contributed by atoms with Crippen LogP contribution in [0.2, 0.25) is 0 Å². The molecule has 186 valence electrons. The first-order valence-electron chi connectivity index (χ1n) is 12.8. The van der Waals surface area contributed by atoms with Crippen LogP contribution in [-0.2, 0) is 16.6 Å². The van der Waals surface area contributed by atoms with E-state index in [-0.39, 0.29) is 11.3 Å². The Balaban J connectivity index is 1.51. The van der Waals surface area contributed by atoms with Gasteiger partial charge in [-0.25, -0.2) is 4.99 Å². The van der Waals surface area contributed by atoms with Crippen molar-refractivity contribution in [3.05, 3.63) is 65.2 Å². The van der Waals surface area contributed by atoms with Gasteiger partial charge in [0.2, 0.25) is 5.91 Å². The number of carbonyl (C=O) groups excluding carboxylic acids is 1. The molecule has 1 fully saturated rings. The first-order valence-corrected chi connectivity index (χ1v) is 13.7. The first kappa shape index (κ1) is 25.6. The molecule has 0 atom stereocenters. The van der Waals surface area contributed by atoms with E-state index < -0.39 is 5.66 Å². The second-order valence-corrected chi connectivity index (χ2v) is 11.5. The number of amides is 1. The van der Waals surface area contributed by atoms with Crippen molar-refractivity contribution in [1.29, 1.82) is 0 Å². The normalized spacial score (nSPS) is 17.9. The van der Waals surface area contributed by atoms with Crippen LogP contribution in [0, 0.1) is 0 Å². The van der Waals surface area contributed by atoms with Gasteiger partial charge in [0.1, 0.15) is 5.04 Å². The number of likely N-dealkylation sites (tertiary alicyclic amines) is 1. The van der Waals surface area contributed by atoms with Crippen LogP contribution >= 0.6 is 11.8 Å². The molecule has 2 heterocycles. The summed E-state index contributed by atoms with van der Waals surface area (Å²) in [7, 11) is 0. The van der Waals surface area contributed by atoms with E-state index in [0.29, 0.717) is 5.75 Å². The van der Waals surface area contributed by atoms with Gasteiger partial charge < -0.3 is 10.2 Å². The van der Waals surface area contributed by atoms with Gasteiger partial charge in [0, 0.05) is 37.2 Å². The van der Waals surface area contributed by atoms with Crippen LogP contribution in [0.5, 0.6) is 0 Å². The number of carbonyl (C=O) groups is 1. The molecule has 4 rings (SSSR count). The van der Waals surface area contributed by atoms with Crippen LogP contribution in [0.15, 0.2) is 58.5 Å². The zero-order valence-electron chi connectivity index (χ0n) is 21.7. The first-order chi connectivity index (χ1) is 16.7. The lowest BCUT2D eigenvalue weighted by molar-refractivity contribution is -0.113. The van der Waals surface area contributed by atoms with Crippen LogP contribution in [0.1, 0.15) is 64.2 Å². The lowest BCUT2D eigenvalue weighted by atomic mass is 9.86. The highest BCUT2D eigenvalue weighted by atomic mass is 32.2. The van der Waals surface area contributed by atoms with Crippen LogP contribution in [0.3, 0.4) is 0 Å². The molecule has 2 aromatic rings. The Labute approximate surface area is 214 Å². The number of aliphatic imine (C=N–C) groups is 2. The van der Waals surface area contributed by atoms with E-state index in [0.717, 1.165) is 60.9 Å². The van der Waals surface area contributed by atoms with Gasteiger partial charge in [0.15, 0.2) is 5.66 Å². The molecule has 1 spiro atoms. The average molecular weight is 491 g/mol. The molecule has 0 unspecified atom stereocenters. The summed E-state index contributed by atoms with van der Waals surface area (Å²) < 4.78 is 0. The Bertz CT molecular complexity index is 1090. The fraction of sp³-hybridized carbons (Fsp3) is 0.483. The van der Waals surface area contributed by atoms with E-state index in [1.807, 2.05) is 12.1 Å². The van der Waals surface area contributed by atoms with Gasteiger partial charge in [-0.1, -0.05) is 82.8 Å². The molecule has 0 aromatic heterocycles. The highest BCUT2D eigenvalue weighted by molar-refractivity contribution is 8.16. The molecule has 1 saturated heterocycles. The Morgan fingerprint density at radius 1 is 1.00 bits per heavy atom. The topological polar surface area (TPSA) is 57.1 Å². The smallest absolute Gasteiger partial charge is 0.234 e. The van der Waals surface area contributed by atoms with Gasteiger partial charge in [-0.3, -0.25) is 9.79 Å². The van der Waals surface area contributed by atoms with Gasteiger partial charge in [0.25, 0.3) is 0 Å². The molecule has 1 amide bonds. The van der Waals surface area contributed by atoms with E-state index in [1.54, 1.807) is 0 Å². The molecule has 0 radical (unpaired) electrons. The third-order valence-corrected chi connectivity index (χ3v) is 7.91. The molecule has 2 aliphatic heterocycles. The fourth-order valence-corrected chi connectivity index (χ4v) is 5.42. The number of anilines is 1. The quantitative estimate of drug-likeness (QED) is 0.546. The summed E-state index contributed by atoms with van der Waals surface area (Å²) in [6.45, 7) is 14.1. The fourth-order valence-electron chi connectivity index (χ4n) is 4.55. The molecule has 0 bridgehead atoms. The minimum absolute atomic E-state index is 0.0221. The van der Waals surface area contributed by atoms with Gasteiger partial charge in [0.05, 0.1) is 11.5 Å². The SMILES string of the molecule is CCc1ccc(NC(=O)CSC2=NC3(CCN(CC)CC3)N=C2c2ccc(C(C)(C)C)cc2)cc1. The second kappa shape index (κ2) is 10.7. The Hall–Kier alpha value is -2.44. The number of hydrogen-bond donors (Lipinski definition) is 1. The number of nitrogens with one attached hydrogen (secondary N) is 1. The van der Waals surface area contributed by atoms with Crippen LogP contribution in [-0.4, -0.2) is 52.6 Å². The maximum absolute atomic E-state index is 12.7. The van der Waals surface area contributed by atoms with Crippen molar-refractivity contribution in [3.63, 3.8) is 0 Å². The summed E-state index contributed by atoms with van der Waals surface area (Å²) in [5, 5.41) is 3.90. The summed E-state index contributed by atoms with van der Waals surface area (Å²) in [6.07, 6.45) is 2.83. The maximum Gasteiger partial charge on any atom is 0.234 e. The predicted molar refractivity (Wildman–Crippen MR) is 150 cm³/mol. The molecule has 1 N–H and O–H groups in total. The zero-order chi connectivity index (χ0) is 25.1. The monoisotopic (exact) mass is 490 g/mol. The predicted octanol–water partition coefficient (Wildman–Crippen LogP) is 5.93. The Morgan fingerprint density at radius 2 is 1.66 bits per heavy atom. The molecular weight excluding hydrogens is 452 g/mol. The third-order valence-electron chi connectivity index (χ3n) is 6.95. The van der Waals surface area contributed by atoms with Gasteiger partial charge >= 0.3 is 0 Å². The summed E-state index contributed by atoms with van der Waals surface area (Å²) >= 11 is 1.50. The molecule has 2 aromatic carbocycles. The minimum atomic E-state index is -0.390. The number of nitrogens with zero attached hydrogens (tertiary/aromatic N) is 3. The number of aryl methyl sites for hydroxylation is 1. The van der Waals surface area contributed by atoms with Crippen molar-refractivity contribution >= 4 is 34.1 Å².